The van der Waals surface area contributed by atoms with Gasteiger partial charge in [-0.25, -0.2) is 0 Å². The molecule has 5 nitrogen and oxygen atoms in total. The van der Waals surface area contributed by atoms with Crippen molar-refractivity contribution in [2.24, 2.45) is 0 Å². The van der Waals surface area contributed by atoms with E-state index in [0.29, 0.717) is 23.7 Å². The molecule has 0 aromatic heterocycles. The number of hydrogen-bond acceptors (Lipinski definition) is 5. The lowest BCUT2D eigenvalue weighted by atomic mass is 9.90. The number of hydrogen-bond donors (Lipinski definition) is 2. The highest BCUT2D eigenvalue weighted by Crippen LogP contribution is 2.35. The zero-order valence-corrected chi connectivity index (χ0v) is 21.4. The number of Topliss-reactive ketones (excluding diaryl/α,β-unsaturated/α-hetero) is 1. The quantitative estimate of drug-likeness (QED) is 0.379. The summed E-state index contributed by atoms with van der Waals surface area (Å²) in [6.45, 7) is 8.29. The third kappa shape index (κ3) is 6.31. The van der Waals surface area contributed by atoms with E-state index in [1.165, 1.54) is 0 Å². The maximum atomic E-state index is 12.1. The first-order valence-corrected chi connectivity index (χ1v) is 11.8. The zero-order chi connectivity index (χ0) is 25.5. The van der Waals surface area contributed by atoms with Crippen molar-refractivity contribution in [2.45, 2.75) is 32.9 Å². The minimum atomic E-state index is -0.301. The molecule has 35 heavy (non-hydrogen) atoms. The summed E-state index contributed by atoms with van der Waals surface area (Å²) in [4.78, 5) is 14.2. The Morgan fingerprint density at radius 3 is 2.46 bits per heavy atom. The molecule has 0 saturated heterocycles. The molecule has 0 bridgehead atoms. The second-order valence-corrected chi connectivity index (χ2v) is 8.94. The highest BCUT2D eigenvalue weighted by molar-refractivity contribution is 6.30. The summed E-state index contributed by atoms with van der Waals surface area (Å²) in [5.41, 5.74) is 5.71. The summed E-state index contributed by atoms with van der Waals surface area (Å²) in [6.07, 6.45) is 5.77. The molecule has 0 saturated carbocycles. The smallest absolute Gasteiger partial charge is 0.162 e. The minimum Gasteiger partial charge on any atom is -0.497 e. The molecule has 6 heteroatoms. The van der Waals surface area contributed by atoms with Crippen molar-refractivity contribution >= 4 is 23.1 Å². The molecule has 3 rings (SSSR count). The summed E-state index contributed by atoms with van der Waals surface area (Å²) in [6, 6.07) is 15.2. The number of ketones is 1. The SMILES string of the molecule is C=CC(=N)/C(=C(/C)NCc1ccc(OC)cc1)C(c1ccc(Cl)cc1)N(C)C1=CCC(=O)C(C)=C1. The van der Waals surface area contributed by atoms with Crippen LogP contribution in [0.15, 0.2) is 95.9 Å². The van der Waals surface area contributed by atoms with Gasteiger partial charge >= 0.3 is 0 Å². The topological polar surface area (TPSA) is 65.4 Å². The van der Waals surface area contributed by atoms with Gasteiger partial charge in [0.15, 0.2) is 5.78 Å². The average molecular weight is 490 g/mol. The van der Waals surface area contributed by atoms with Crippen molar-refractivity contribution in [3.63, 3.8) is 0 Å². The van der Waals surface area contributed by atoms with E-state index in [0.717, 1.165) is 39.4 Å². The fourth-order valence-electron chi connectivity index (χ4n) is 4.08. The first-order chi connectivity index (χ1) is 16.7. The van der Waals surface area contributed by atoms with Crippen LogP contribution in [-0.4, -0.2) is 30.6 Å². The van der Waals surface area contributed by atoms with Gasteiger partial charge in [-0.2, -0.15) is 0 Å². The van der Waals surface area contributed by atoms with E-state index in [9.17, 15) is 4.79 Å². The van der Waals surface area contributed by atoms with Gasteiger partial charge in [0.25, 0.3) is 0 Å². The number of nitrogens with one attached hydrogen (secondary N) is 2. The molecule has 2 aromatic rings. The van der Waals surface area contributed by atoms with Gasteiger partial charge in [-0.15, -0.1) is 0 Å². The third-order valence-electron chi connectivity index (χ3n) is 6.17. The summed E-state index contributed by atoms with van der Waals surface area (Å²) < 4.78 is 5.25. The predicted octanol–water partition coefficient (Wildman–Crippen LogP) is 6.39. The van der Waals surface area contributed by atoms with E-state index in [1.807, 2.05) is 81.6 Å². The standard InChI is InChI=1S/C29H32ClN3O2/c1-6-26(31)28(20(3)32-18-21-7-14-25(35-5)15-8-21)29(22-9-11-23(30)12-10-22)33(4)24-13-16-27(34)19(2)17-24/h6-15,17,29,31-32H,1,16,18H2,2-5H3/b28-20+,31-26?. The lowest BCUT2D eigenvalue weighted by Crippen LogP contribution is -2.31. The average Bonchev–Trinajstić information content (AvgIpc) is 2.87. The first-order valence-electron chi connectivity index (χ1n) is 11.4. The van der Waals surface area contributed by atoms with Crippen LogP contribution in [0.25, 0.3) is 0 Å². The molecule has 0 radical (unpaired) electrons. The minimum absolute atomic E-state index is 0.122. The molecule has 0 heterocycles. The van der Waals surface area contributed by atoms with Crippen LogP contribution < -0.4 is 10.1 Å². The number of rotatable bonds is 10. The van der Waals surface area contributed by atoms with E-state index >= 15 is 0 Å². The van der Waals surface area contributed by atoms with Crippen molar-refractivity contribution in [3.8, 4) is 5.75 Å². The van der Waals surface area contributed by atoms with Crippen LogP contribution in [0, 0.1) is 5.41 Å². The summed E-state index contributed by atoms with van der Waals surface area (Å²) in [5, 5.41) is 12.9. The Morgan fingerprint density at radius 2 is 1.89 bits per heavy atom. The van der Waals surface area contributed by atoms with Crippen LogP contribution in [0.2, 0.25) is 5.02 Å². The summed E-state index contributed by atoms with van der Waals surface area (Å²) >= 11 is 6.19. The monoisotopic (exact) mass is 489 g/mol. The molecular formula is C29H32ClN3O2. The fourth-order valence-corrected chi connectivity index (χ4v) is 4.21. The molecule has 182 valence electrons. The molecule has 0 spiro atoms. The zero-order valence-electron chi connectivity index (χ0n) is 20.7. The second kappa shape index (κ2) is 11.7. The normalized spacial score (nSPS) is 14.8. The highest BCUT2D eigenvalue weighted by Gasteiger charge is 2.28. The predicted molar refractivity (Wildman–Crippen MR) is 144 cm³/mol. The van der Waals surface area contributed by atoms with Crippen molar-refractivity contribution in [3.05, 3.63) is 112 Å². The van der Waals surface area contributed by atoms with Gasteiger partial charge in [-0.05, 0) is 67.0 Å². The maximum Gasteiger partial charge on any atom is 0.162 e. The van der Waals surface area contributed by atoms with E-state index < -0.39 is 0 Å². The maximum absolute atomic E-state index is 12.1. The Bertz CT molecular complexity index is 1190. The Morgan fingerprint density at radius 1 is 1.23 bits per heavy atom. The van der Waals surface area contributed by atoms with Gasteiger partial charge in [0, 0.05) is 42.0 Å². The fraction of sp³-hybridized carbons (Fsp3) is 0.241. The lowest BCUT2D eigenvalue weighted by molar-refractivity contribution is -0.114. The number of methoxy groups -OCH3 is 1. The number of carbonyl (C=O) groups is 1. The number of benzene rings is 2. The molecule has 2 N–H and O–H groups in total. The largest absolute Gasteiger partial charge is 0.497 e. The molecule has 0 fully saturated rings. The van der Waals surface area contributed by atoms with Gasteiger partial charge in [0.1, 0.15) is 5.75 Å². The van der Waals surface area contributed by atoms with Gasteiger partial charge in [-0.3, -0.25) is 4.79 Å². The summed E-state index contributed by atoms with van der Waals surface area (Å²) in [5.74, 6) is 0.930. The lowest BCUT2D eigenvalue weighted by Gasteiger charge is -2.35. The Labute approximate surface area is 213 Å². The number of nitrogens with zero attached hydrogens (tertiary/aromatic N) is 1. The van der Waals surface area contributed by atoms with Crippen molar-refractivity contribution in [1.29, 1.82) is 5.41 Å². The Hall–Kier alpha value is -3.57. The van der Waals surface area contributed by atoms with Crippen LogP contribution in [0.3, 0.4) is 0 Å². The number of ether oxygens (including phenoxy) is 1. The van der Waals surface area contributed by atoms with Gasteiger partial charge in [0.2, 0.25) is 0 Å². The molecule has 1 unspecified atom stereocenters. The van der Waals surface area contributed by atoms with Gasteiger partial charge in [-0.1, -0.05) is 48.5 Å². The second-order valence-electron chi connectivity index (χ2n) is 8.51. The number of likely N-dealkylation sites (N-methyl/N-ethyl adjacent to an activating group) is 1. The van der Waals surface area contributed by atoms with Crippen LogP contribution in [0.4, 0.5) is 0 Å². The first kappa shape index (κ1) is 26.0. The Balaban J connectivity index is 2.04. The molecule has 0 aliphatic heterocycles. The molecule has 0 amide bonds. The summed E-state index contributed by atoms with van der Waals surface area (Å²) in [7, 11) is 3.63. The number of halogens is 1. The molecule has 2 aromatic carbocycles. The van der Waals surface area contributed by atoms with E-state index in [2.05, 4.69) is 16.8 Å². The third-order valence-corrected chi connectivity index (χ3v) is 6.42. The number of carbonyl (C=O) groups excluding carboxylic acids is 1. The van der Waals surface area contributed by atoms with Crippen LogP contribution >= 0.6 is 11.6 Å². The van der Waals surface area contributed by atoms with Crippen molar-refractivity contribution in [1.82, 2.24) is 10.2 Å². The molecular weight excluding hydrogens is 458 g/mol. The Kier molecular flexibility index (Phi) is 8.72. The highest BCUT2D eigenvalue weighted by atomic mass is 35.5. The molecule has 1 atom stereocenters. The molecule has 1 aliphatic rings. The van der Waals surface area contributed by atoms with E-state index in [1.54, 1.807) is 13.2 Å². The van der Waals surface area contributed by atoms with Gasteiger partial charge < -0.3 is 20.4 Å². The van der Waals surface area contributed by atoms with Crippen molar-refractivity contribution in [2.75, 3.05) is 14.2 Å². The molecule has 1 aliphatic carbocycles. The van der Waals surface area contributed by atoms with E-state index in [4.69, 9.17) is 21.7 Å². The van der Waals surface area contributed by atoms with Gasteiger partial charge in [0.05, 0.1) is 18.9 Å². The van der Waals surface area contributed by atoms with Crippen LogP contribution in [-0.2, 0) is 11.3 Å². The van der Waals surface area contributed by atoms with E-state index in [-0.39, 0.29) is 11.8 Å². The van der Waals surface area contributed by atoms with Crippen LogP contribution in [0.5, 0.6) is 5.75 Å². The van der Waals surface area contributed by atoms with Crippen LogP contribution in [0.1, 0.15) is 37.4 Å². The van der Waals surface area contributed by atoms with Crippen molar-refractivity contribution < 1.29 is 9.53 Å². The number of allylic oxidation sites excluding steroid dienone is 5.